The molecule has 0 spiro atoms. The topological polar surface area (TPSA) is 52.3 Å². The van der Waals surface area contributed by atoms with E-state index in [9.17, 15) is 4.79 Å². The number of hydrogen-bond acceptors (Lipinski definition) is 4. The molecule has 0 unspecified atom stereocenters. The minimum absolute atomic E-state index is 0.181. The van der Waals surface area contributed by atoms with E-state index in [0.29, 0.717) is 24.6 Å². The van der Waals surface area contributed by atoms with Crippen LogP contribution < -0.4 is 0 Å². The van der Waals surface area contributed by atoms with E-state index < -0.39 is 5.97 Å². The lowest BCUT2D eigenvalue weighted by Gasteiger charge is -1.99. The molecular formula is C14H13Br2NO3. The second kappa shape index (κ2) is 6.54. The Hall–Kier alpha value is -1.14. The molecule has 20 heavy (non-hydrogen) atoms. The van der Waals surface area contributed by atoms with Crippen LogP contribution in [0.3, 0.4) is 0 Å². The van der Waals surface area contributed by atoms with Crippen LogP contribution in [0.25, 0.3) is 11.5 Å². The smallest absolute Gasteiger partial charge is 0.376 e. The maximum absolute atomic E-state index is 11.8. The van der Waals surface area contributed by atoms with Crippen LogP contribution in [0.15, 0.2) is 31.6 Å². The first-order chi connectivity index (χ1) is 9.55. The second-order valence-corrected chi connectivity index (χ2v) is 5.86. The van der Waals surface area contributed by atoms with Crippen molar-refractivity contribution in [1.82, 2.24) is 4.98 Å². The summed E-state index contributed by atoms with van der Waals surface area (Å²) in [5.41, 5.74) is 1.39. The number of carbonyl (C=O) groups is 1. The van der Waals surface area contributed by atoms with E-state index in [1.165, 1.54) is 0 Å². The van der Waals surface area contributed by atoms with E-state index in [0.717, 1.165) is 14.5 Å². The molecule has 2 rings (SSSR count). The molecule has 0 radical (unpaired) electrons. The maximum atomic E-state index is 11.8. The van der Waals surface area contributed by atoms with Crippen LogP contribution in [0.4, 0.5) is 0 Å². The molecule has 1 heterocycles. The van der Waals surface area contributed by atoms with Crippen molar-refractivity contribution in [3.63, 3.8) is 0 Å². The molecule has 0 aliphatic heterocycles. The standard InChI is InChI=1S/C14H13Br2NO3/c1-3-11-12(14(18)19-4-2)20-13(17-11)8-5-9(15)7-10(16)6-8/h5-7H,3-4H2,1-2H3. The number of carbonyl (C=O) groups excluding carboxylic acids is 1. The summed E-state index contributed by atoms with van der Waals surface area (Å²) in [6.45, 7) is 3.98. The van der Waals surface area contributed by atoms with Gasteiger partial charge in [-0.3, -0.25) is 0 Å². The molecule has 6 heteroatoms. The normalized spacial score (nSPS) is 10.6. The average Bonchev–Trinajstić information content (AvgIpc) is 2.82. The quantitative estimate of drug-likeness (QED) is 0.701. The number of nitrogens with zero attached hydrogens (tertiary/aromatic N) is 1. The summed E-state index contributed by atoms with van der Waals surface area (Å²) in [4.78, 5) is 16.2. The van der Waals surface area contributed by atoms with Gasteiger partial charge in [-0.05, 0) is 31.5 Å². The Morgan fingerprint density at radius 1 is 1.25 bits per heavy atom. The van der Waals surface area contributed by atoms with Gasteiger partial charge in [0.1, 0.15) is 0 Å². The number of ether oxygens (including phenoxy) is 1. The highest BCUT2D eigenvalue weighted by Gasteiger charge is 2.21. The van der Waals surface area contributed by atoms with Gasteiger partial charge in [-0.15, -0.1) is 0 Å². The summed E-state index contributed by atoms with van der Waals surface area (Å²) in [6, 6.07) is 5.68. The predicted octanol–water partition coefficient (Wildman–Crippen LogP) is 4.61. The molecule has 0 saturated carbocycles. The van der Waals surface area contributed by atoms with E-state index in [4.69, 9.17) is 9.15 Å². The first-order valence-corrected chi connectivity index (χ1v) is 7.77. The third kappa shape index (κ3) is 3.30. The van der Waals surface area contributed by atoms with Crippen molar-refractivity contribution in [2.24, 2.45) is 0 Å². The molecule has 0 fully saturated rings. The van der Waals surface area contributed by atoms with Gasteiger partial charge >= 0.3 is 5.97 Å². The van der Waals surface area contributed by atoms with Gasteiger partial charge < -0.3 is 9.15 Å². The second-order valence-electron chi connectivity index (χ2n) is 4.03. The lowest BCUT2D eigenvalue weighted by molar-refractivity contribution is 0.0489. The van der Waals surface area contributed by atoms with E-state index in [1.54, 1.807) is 6.92 Å². The summed E-state index contributed by atoms with van der Waals surface area (Å²) in [5.74, 6) is 0.115. The SMILES string of the molecule is CCOC(=O)c1oc(-c2cc(Br)cc(Br)c2)nc1CC. The number of oxazole rings is 1. The summed E-state index contributed by atoms with van der Waals surface area (Å²) in [7, 11) is 0. The molecular weight excluding hydrogens is 390 g/mol. The Balaban J connectivity index is 2.45. The third-order valence-electron chi connectivity index (χ3n) is 2.60. The molecule has 0 N–H and O–H groups in total. The predicted molar refractivity (Wildman–Crippen MR) is 82.7 cm³/mol. The Morgan fingerprint density at radius 3 is 2.45 bits per heavy atom. The number of halogens is 2. The van der Waals surface area contributed by atoms with Gasteiger partial charge in [-0.25, -0.2) is 9.78 Å². The number of hydrogen-bond donors (Lipinski definition) is 0. The fraction of sp³-hybridized carbons (Fsp3) is 0.286. The Bertz CT molecular complexity index is 617. The Labute approximate surface area is 133 Å². The van der Waals surface area contributed by atoms with Gasteiger partial charge in [0.25, 0.3) is 0 Å². The first-order valence-electron chi connectivity index (χ1n) is 6.18. The molecule has 1 aromatic carbocycles. The van der Waals surface area contributed by atoms with Crippen LogP contribution in [0, 0.1) is 0 Å². The van der Waals surface area contributed by atoms with Crippen LogP contribution >= 0.6 is 31.9 Å². The third-order valence-corrected chi connectivity index (χ3v) is 3.52. The average molecular weight is 403 g/mol. The monoisotopic (exact) mass is 401 g/mol. The van der Waals surface area contributed by atoms with E-state index in [-0.39, 0.29) is 5.76 Å². The van der Waals surface area contributed by atoms with Gasteiger partial charge in [-0.2, -0.15) is 0 Å². The molecule has 2 aromatic rings. The van der Waals surface area contributed by atoms with Crippen LogP contribution in [0.2, 0.25) is 0 Å². The van der Waals surface area contributed by atoms with Gasteiger partial charge in [0.2, 0.25) is 11.7 Å². The minimum atomic E-state index is -0.475. The van der Waals surface area contributed by atoms with Crippen LogP contribution in [-0.2, 0) is 11.2 Å². The summed E-state index contributed by atoms with van der Waals surface area (Å²) < 4.78 is 12.4. The van der Waals surface area contributed by atoms with Gasteiger partial charge in [0.15, 0.2) is 0 Å². The number of rotatable bonds is 4. The van der Waals surface area contributed by atoms with E-state index >= 15 is 0 Å². The molecule has 0 bridgehead atoms. The van der Waals surface area contributed by atoms with Crippen molar-refractivity contribution in [3.8, 4) is 11.5 Å². The van der Waals surface area contributed by atoms with Gasteiger partial charge in [0.05, 0.1) is 12.3 Å². The van der Waals surface area contributed by atoms with E-state index in [2.05, 4.69) is 36.8 Å². The lowest BCUT2D eigenvalue weighted by Crippen LogP contribution is -2.05. The van der Waals surface area contributed by atoms with Crippen molar-refractivity contribution in [1.29, 1.82) is 0 Å². The van der Waals surface area contributed by atoms with Crippen molar-refractivity contribution in [2.45, 2.75) is 20.3 Å². The zero-order valence-corrected chi connectivity index (χ0v) is 14.2. The Morgan fingerprint density at radius 2 is 1.90 bits per heavy atom. The zero-order chi connectivity index (χ0) is 14.7. The van der Waals surface area contributed by atoms with Crippen molar-refractivity contribution in [3.05, 3.63) is 38.6 Å². The molecule has 0 saturated heterocycles. The van der Waals surface area contributed by atoms with Crippen LogP contribution in [-0.4, -0.2) is 17.6 Å². The molecule has 0 atom stereocenters. The van der Waals surface area contributed by atoms with Crippen molar-refractivity contribution >= 4 is 37.8 Å². The first kappa shape index (κ1) is 15.3. The zero-order valence-electron chi connectivity index (χ0n) is 11.1. The Kier molecular flexibility index (Phi) is 4.99. The molecule has 106 valence electrons. The maximum Gasteiger partial charge on any atom is 0.376 e. The largest absolute Gasteiger partial charge is 0.460 e. The summed E-state index contributed by atoms with van der Waals surface area (Å²) in [6.07, 6.45) is 0.604. The van der Waals surface area contributed by atoms with Gasteiger partial charge in [-0.1, -0.05) is 38.8 Å². The molecule has 0 amide bonds. The van der Waals surface area contributed by atoms with Crippen LogP contribution in [0.1, 0.15) is 30.1 Å². The molecule has 1 aromatic heterocycles. The van der Waals surface area contributed by atoms with Crippen molar-refractivity contribution in [2.75, 3.05) is 6.61 Å². The van der Waals surface area contributed by atoms with Crippen LogP contribution in [0.5, 0.6) is 0 Å². The number of aromatic nitrogens is 1. The highest BCUT2D eigenvalue weighted by molar-refractivity contribution is 9.11. The number of aryl methyl sites for hydroxylation is 1. The van der Waals surface area contributed by atoms with Gasteiger partial charge in [0, 0.05) is 14.5 Å². The summed E-state index contributed by atoms with van der Waals surface area (Å²) >= 11 is 6.83. The fourth-order valence-corrected chi connectivity index (χ4v) is 3.04. The van der Waals surface area contributed by atoms with E-state index in [1.807, 2.05) is 25.1 Å². The summed E-state index contributed by atoms with van der Waals surface area (Å²) in [5, 5.41) is 0. The molecule has 4 nitrogen and oxygen atoms in total. The highest BCUT2D eigenvalue weighted by atomic mass is 79.9. The highest BCUT2D eigenvalue weighted by Crippen LogP contribution is 2.29. The molecule has 0 aliphatic carbocycles. The number of benzene rings is 1. The minimum Gasteiger partial charge on any atom is -0.460 e. The van der Waals surface area contributed by atoms with Crippen molar-refractivity contribution < 1.29 is 13.9 Å². The lowest BCUT2D eigenvalue weighted by atomic mass is 10.2. The number of esters is 1. The fourth-order valence-electron chi connectivity index (χ4n) is 1.75. The molecule has 0 aliphatic rings.